The highest BCUT2D eigenvalue weighted by Gasteiger charge is 2.29. The molecule has 4 nitrogen and oxygen atoms in total. The highest BCUT2D eigenvalue weighted by molar-refractivity contribution is 5.72. The van der Waals surface area contributed by atoms with Gasteiger partial charge < -0.3 is 14.7 Å². The maximum atomic E-state index is 11.2. The fourth-order valence-electron chi connectivity index (χ4n) is 1.64. The lowest BCUT2D eigenvalue weighted by Gasteiger charge is -2.16. The van der Waals surface area contributed by atoms with Crippen LogP contribution in [0.5, 0.6) is 0 Å². The first-order valence-electron chi connectivity index (χ1n) is 4.59. The van der Waals surface area contributed by atoms with Crippen LogP contribution in [0.25, 0.3) is 0 Å². The van der Waals surface area contributed by atoms with Gasteiger partial charge in [0.2, 0.25) is 0 Å². The molecule has 0 spiro atoms. The number of carbonyl (C=O) groups excluding carboxylic acids is 1. The van der Waals surface area contributed by atoms with Gasteiger partial charge in [-0.3, -0.25) is 4.79 Å². The minimum Gasteiger partial charge on any atom is -0.469 e. The van der Waals surface area contributed by atoms with Gasteiger partial charge in [-0.15, -0.1) is 0 Å². The van der Waals surface area contributed by atoms with Crippen molar-refractivity contribution in [3.63, 3.8) is 0 Å². The molecule has 1 N–H and O–H groups in total. The van der Waals surface area contributed by atoms with Crippen molar-refractivity contribution in [2.24, 2.45) is 5.92 Å². The normalized spacial score (nSPS) is 31.0. The summed E-state index contributed by atoms with van der Waals surface area (Å²) >= 11 is 0. The van der Waals surface area contributed by atoms with Crippen LogP contribution in [0, 0.1) is 5.92 Å². The maximum Gasteiger partial charge on any atom is 0.311 e. The van der Waals surface area contributed by atoms with Gasteiger partial charge in [-0.25, -0.2) is 0 Å². The van der Waals surface area contributed by atoms with E-state index >= 15 is 0 Å². The number of hydrogen-bond donors (Lipinski definition) is 1. The number of aliphatic hydroxyl groups is 1. The third-order valence-electron chi connectivity index (χ3n) is 2.60. The Kier molecular flexibility index (Phi) is 3.69. The van der Waals surface area contributed by atoms with Crippen molar-refractivity contribution in [1.29, 1.82) is 0 Å². The molecule has 1 rings (SSSR count). The van der Waals surface area contributed by atoms with Gasteiger partial charge in [-0.05, 0) is 26.4 Å². The molecule has 0 aromatic rings. The number of nitrogens with zero attached hydrogens (tertiary/aromatic N) is 1. The van der Waals surface area contributed by atoms with Gasteiger partial charge in [0.25, 0.3) is 0 Å². The van der Waals surface area contributed by atoms with Crippen molar-refractivity contribution in [3.8, 4) is 0 Å². The number of rotatable bonds is 1. The Morgan fingerprint density at radius 3 is 2.69 bits per heavy atom. The standard InChI is InChI=1S/C9H17NO3/c1-10-5-3-7(9(12)13-2)8(11)4-6-10/h7-8,11H,3-6H2,1-2H3. The number of ether oxygens (including phenoxy) is 1. The second kappa shape index (κ2) is 4.58. The summed E-state index contributed by atoms with van der Waals surface area (Å²) in [5, 5.41) is 9.64. The fraction of sp³-hybridized carbons (Fsp3) is 0.889. The molecule has 2 unspecified atom stereocenters. The molecule has 0 aromatic heterocycles. The number of methoxy groups -OCH3 is 1. The molecule has 2 atom stereocenters. The lowest BCUT2D eigenvalue weighted by Crippen LogP contribution is -2.28. The third-order valence-corrected chi connectivity index (χ3v) is 2.60. The van der Waals surface area contributed by atoms with E-state index in [4.69, 9.17) is 0 Å². The van der Waals surface area contributed by atoms with Crippen LogP contribution < -0.4 is 0 Å². The summed E-state index contributed by atoms with van der Waals surface area (Å²) in [7, 11) is 3.36. The Balaban J connectivity index is 2.56. The summed E-state index contributed by atoms with van der Waals surface area (Å²) in [6, 6.07) is 0. The van der Waals surface area contributed by atoms with Gasteiger partial charge >= 0.3 is 5.97 Å². The average Bonchev–Trinajstić information content (AvgIpc) is 2.28. The molecule has 0 aromatic carbocycles. The van der Waals surface area contributed by atoms with E-state index in [1.165, 1.54) is 7.11 Å². The van der Waals surface area contributed by atoms with Crippen LogP contribution in [0.3, 0.4) is 0 Å². The number of hydrogen-bond acceptors (Lipinski definition) is 4. The van der Waals surface area contributed by atoms with Crippen molar-refractivity contribution < 1.29 is 14.6 Å². The van der Waals surface area contributed by atoms with Crippen molar-refractivity contribution in [1.82, 2.24) is 4.90 Å². The predicted octanol–water partition coefficient (Wildman–Crippen LogP) is -0.138. The SMILES string of the molecule is COC(=O)C1CCN(C)CCC1O. The van der Waals surface area contributed by atoms with Crippen LogP contribution >= 0.6 is 0 Å². The number of aliphatic hydroxyl groups excluding tert-OH is 1. The zero-order chi connectivity index (χ0) is 9.84. The molecule has 1 heterocycles. The molecule has 13 heavy (non-hydrogen) atoms. The summed E-state index contributed by atoms with van der Waals surface area (Å²) in [5.41, 5.74) is 0. The Labute approximate surface area is 78.5 Å². The van der Waals surface area contributed by atoms with E-state index < -0.39 is 6.10 Å². The van der Waals surface area contributed by atoms with Crippen LogP contribution in [0.2, 0.25) is 0 Å². The van der Waals surface area contributed by atoms with Crippen molar-refractivity contribution in [2.45, 2.75) is 18.9 Å². The lowest BCUT2D eigenvalue weighted by molar-refractivity contribution is -0.149. The summed E-state index contributed by atoms with van der Waals surface area (Å²) in [4.78, 5) is 13.4. The number of esters is 1. The van der Waals surface area contributed by atoms with Crippen LogP contribution in [0.1, 0.15) is 12.8 Å². The van der Waals surface area contributed by atoms with Crippen molar-refractivity contribution in [3.05, 3.63) is 0 Å². The van der Waals surface area contributed by atoms with E-state index in [9.17, 15) is 9.90 Å². The summed E-state index contributed by atoms with van der Waals surface area (Å²) in [5.74, 6) is -0.627. The first kappa shape index (κ1) is 10.5. The van der Waals surface area contributed by atoms with Crippen LogP contribution in [-0.4, -0.2) is 49.3 Å². The van der Waals surface area contributed by atoms with Gasteiger partial charge in [0, 0.05) is 6.54 Å². The number of carbonyl (C=O) groups is 1. The molecule has 1 aliphatic heterocycles. The van der Waals surface area contributed by atoms with Gasteiger partial charge in [-0.1, -0.05) is 0 Å². The van der Waals surface area contributed by atoms with Crippen LogP contribution in [-0.2, 0) is 9.53 Å². The van der Waals surface area contributed by atoms with E-state index in [2.05, 4.69) is 9.64 Å². The fourth-order valence-corrected chi connectivity index (χ4v) is 1.64. The van der Waals surface area contributed by atoms with E-state index in [1.807, 2.05) is 7.05 Å². The van der Waals surface area contributed by atoms with Gasteiger partial charge in [0.15, 0.2) is 0 Å². The highest BCUT2D eigenvalue weighted by Crippen LogP contribution is 2.18. The number of likely N-dealkylation sites (tertiary alicyclic amines) is 1. The quantitative estimate of drug-likeness (QED) is 0.581. The third kappa shape index (κ3) is 2.67. The zero-order valence-electron chi connectivity index (χ0n) is 8.19. The van der Waals surface area contributed by atoms with Crippen molar-refractivity contribution in [2.75, 3.05) is 27.2 Å². The Morgan fingerprint density at radius 2 is 2.08 bits per heavy atom. The second-order valence-electron chi connectivity index (χ2n) is 3.58. The minimum absolute atomic E-state index is 0.289. The molecule has 1 fully saturated rings. The zero-order valence-corrected chi connectivity index (χ0v) is 8.19. The predicted molar refractivity (Wildman–Crippen MR) is 48.2 cm³/mol. The van der Waals surface area contributed by atoms with E-state index in [0.29, 0.717) is 12.8 Å². The summed E-state index contributed by atoms with van der Waals surface area (Å²) < 4.78 is 4.63. The topological polar surface area (TPSA) is 49.8 Å². The molecule has 0 bridgehead atoms. The van der Waals surface area contributed by atoms with E-state index in [-0.39, 0.29) is 11.9 Å². The molecule has 76 valence electrons. The Morgan fingerprint density at radius 1 is 1.46 bits per heavy atom. The average molecular weight is 187 g/mol. The van der Waals surface area contributed by atoms with Crippen molar-refractivity contribution >= 4 is 5.97 Å². The molecule has 1 aliphatic rings. The Bertz CT molecular complexity index is 184. The largest absolute Gasteiger partial charge is 0.469 e. The summed E-state index contributed by atoms with van der Waals surface area (Å²) in [6.45, 7) is 1.69. The van der Waals surface area contributed by atoms with E-state index in [1.54, 1.807) is 0 Å². The first-order valence-corrected chi connectivity index (χ1v) is 4.59. The molecule has 0 aliphatic carbocycles. The highest BCUT2D eigenvalue weighted by atomic mass is 16.5. The molecule has 0 amide bonds. The van der Waals surface area contributed by atoms with Gasteiger partial charge in [0.05, 0.1) is 19.1 Å². The molecule has 0 radical (unpaired) electrons. The molecular weight excluding hydrogens is 170 g/mol. The molecule has 0 saturated carbocycles. The van der Waals surface area contributed by atoms with Crippen LogP contribution in [0.15, 0.2) is 0 Å². The van der Waals surface area contributed by atoms with E-state index in [0.717, 1.165) is 13.1 Å². The van der Waals surface area contributed by atoms with Gasteiger partial charge in [-0.2, -0.15) is 0 Å². The monoisotopic (exact) mass is 187 g/mol. The maximum absolute atomic E-state index is 11.2. The smallest absolute Gasteiger partial charge is 0.311 e. The molecule has 4 heteroatoms. The Hall–Kier alpha value is -0.610. The molecular formula is C9H17NO3. The lowest BCUT2D eigenvalue weighted by atomic mass is 9.98. The van der Waals surface area contributed by atoms with Gasteiger partial charge in [0.1, 0.15) is 0 Å². The first-order chi connectivity index (χ1) is 6.15. The molecule has 1 saturated heterocycles. The minimum atomic E-state index is -0.544. The van der Waals surface area contributed by atoms with Crippen LogP contribution in [0.4, 0.5) is 0 Å². The summed E-state index contributed by atoms with van der Waals surface area (Å²) in [6.07, 6.45) is 0.790. The second-order valence-corrected chi connectivity index (χ2v) is 3.58.